The van der Waals surface area contributed by atoms with E-state index in [1.807, 2.05) is 31.2 Å². The normalized spacial score (nSPS) is 26.0. The van der Waals surface area contributed by atoms with Crippen LogP contribution >= 0.6 is 0 Å². The van der Waals surface area contributed by atoms with E-state index in [1.54, 1.807) is 0 Å². The predicted octanol–water partition coefficient (Wildman–Crippen LogP) is 3.58. The smallest absolute Gasteiger partial charge is 0.0668 e. The van der Waals surface area contributed by atoms with Gasteiger partial charge in [-0.25, -0.2) is 0 Å². The summed E-state index contributed by atoms with van der Waals surface area (Å²) < 4.78 is 12.6. The van der Waals surface area contributed by atoms with Crippen molar-refractivity contribution in [3.8, 4) is 6.07 Å². The van der Waals surface area contributed by atoms with E-state index in [0.29, 0.717) is 0 Å². The first-order chi connectivity index (χ1) is 8.72. The van der Waals surface area contributed by atoms with Gasteiger partial charge in [-0.1, -0.05) is 31.4 Å². The van der Waals surface area contributed by atoms with Crippen molar-refractivity contribution in [2.45, 2.75) is 49.2 Å². The lowest BCUT2D eigenvalue weighted by Gasteiger charge is -2.18. The monoisotopic (exact) mass is 261 g/mol. The molecule has 0 aromatic heterocycles. The molecular formula is C15H19NOS. The molecule has 1 aliphatic carbocycles. The summed E-state index contributed by atoms with van der Waals surface area (Å²) in [7, 11) is -1.04. The van der Waals surface area contributed by atoms with Crippen molar-refractivity contribution in [3.05, 3.63) is 29.8 Å². The Labute approximate surface area is 111 Å². The van der Waals surface area contributed by atoms with Crippen molar-refractivity contribution in [2.24, 2.45) is 5.92 Å². The molecule has 1 fully saturated rings. The summed E-state index contributed by atoms with van der Waals surface area (Å²) in [4.78, 5) is 0.877. The van der Waals surface area contributed by atoms with Crippen molar-refractivity contribution >= 4 is 10.8 Å². The van der Waals surface area contributed by atoms with Crippen LogP contribution in [0.5, 0.6) is 0 Å². The van der Waals surface area contributed by atoms with Gasteiger partial charge in [0.05, 0.1) is 28.0 Å². The molecule has 0 radical (unpaired) electrons. The van der Waals surface area contributed by atoms with Crippen molar-refractivity contribution in [3.63, 3.8) is 0 Å². The lowest BCUT2D eigenvalue weighted by Crippen LogP contribution is -2.23. The number of nitriles is 1. The van der Waals surface area contributed by atoms with Crippen LogP contribution in [0.15, 0.2) is 29.2 Å². The molecule has 0 spiro atoms. The van der Waals surface area contributed by atoms with E-state index in [9.17, 15) is 9.47 Å². The second kappa shape index (κ2) is 6.15. The number of benzene rings is 1. The van der Waals surface area contributed by atoms with Crippen LogP contribution in [-0.2, 0) is 10.8 Å². The quantitative estimate of drug-likeness (QED) is 0.764. The Balaban J connectivity index is 2.23. The zero-order valence-electron chi connectivity index (χ0n) is 10.8. The zero-order valence-corrected chi connectivity index (χ0v) is 11.6. The van der Waals surface area contributed by atoms with Gasteiger partial charge < -0.3 is 0 Å². The molecule has 96 valence electrons. The van der Waals surface area contributed by atoms with Crippen LogP contribution in [0.3, 0.4) is 0 Å². The number of hydrogen-bond acceptors (Lipinski definition) is 2. The highest BCUT2D eigenvalue weighted by Crippen LogP contribution is 2.29. The molecule has 18 heavy (non-hydrogen) atoms. The highest BCUT2D eigenvalue weighted by atomic mass is 32.2. The molecule has 0 amide bonds. The summed E-state index contributed by atoms with van der Waals surface area (Å²) in [5.74, 6) is -0.0474. The van der Waals surface area contributed by atoms with Crippen molar-refractivity contribution in [1.82, 2.24) is 0 Å². The molecule has 2 nitrogen and oxygen atoms in total. The third-order valence-electron chi connectivity index (χ3n) is 3.62. The van der Waals surface area contributed by atoms with E-state index in [-0.39, 0.29) is 11.2 Å². The summed E-state index contributed by atoms with van der Waals surface area (Å²) in [6.45, 7) is 2.01. The maximum Gasteiger partial charge on any atom is 0.0668 e. The maximum absolute atomic E-state index is 12.6. The zero-order chi connectivity index (χ0) is 13.0. The fourth-order valence-electron chi connectivity index (χ4n) is 2.59. The molecule has 1 aromatic carbocycles. The van der Waals surface area contributed by atoms with Gasteiger partial charge >= 0.3 is 0 Å². The van der Waals surface area contributed by atoms with Crippen molar-refractivity contribution < 1.29 is 4.21 Å². The summed E-state index contributed by atoms with van der Waals surface area (Å²) in [5, 5.41) is 9.27. The van der Waals surface area contributed by atoms with E-state index in [4.69, 9.17) is 0 Å². The van der Waals surface area contributed by atoms with Gasteiger partial charge in [0.2, 0.25) is 0 Å². The molecule has 0 heterocycles. The second-order valence-electron chi connectivity index (χ2n) is 5.03. The highest BCUT2D eigenvalue weighted by Gasteiger charge is 2.29. The Bertz CT molecular complexity index is 478. The lowest BCUT2D eigenvalue weighted by molar-refractivity contribution is 0.564. The fourth-order valence-corrected chi connectivity index (χ4v) is 4.33. The Morgan fingerprint density at radius 3 is 2.78 bits per heavy atom. The van der Waals surface area contributed by atoms with E-state index < -0.39 is 10.8 Å². The Kier molecular flexibility index (Phi) is 4.54. The van der Waals surface area contributed by atoms with Crippen LogP contribution in [0.25, 0.3) is 0 Å². The Hall–Kier alpha value is -1.14. The molecular weight excluding hydrogens is 242 g/mol. The van der Waals surface area contributed by atoms with Gasteiger partial charge in [0.15, 0.2) is 0 Å². The predicted molar refractivity (Wildman–Crippen MR) is 73.6 cm³/mol. The van der Waals surface area contributed by atoms with Gasteiger partial charge in [0, 0.05) is 4.90 Å². The Morgan fingerprint density at radius 1 is 1.28 bits per heavy atom. The molecule has 0 aliphatic heterocycles. The van der Waals surface area contributed by atoms with E-state index in [2.05, 4.69) is 6.07 Å². The van der Waals surface area contributed by atoms with Crippen LogP contribution in [-0.4, -0.2) is 9.46 Å². The minimum absolute atomic E-state index is 0.0132. The number of rotatable bonds is 2. The molecule has 0 bridgehead atoms. The van der Waals surface area contributed by atoms with E-state index >= 15 is 0 Å². The van der Waals surface area contributed by atoms with Gasteiger partial charge in [-0.2, -0.15) is 5.26 Å². The average Bonchev–Trinajstić information content (AvgIpc) is 2.62. The van der Waals surface area contributed by atoms with E-state index in [1.165, 1.54) is 6.42 Å². The summed E-state index contributed by atoms with van der Waals surface area (Å²) in [6, 6.07) is 10.2. The standard InChI is InChI=1S/C15H19NOS/c1-12-6-5-8-14(10-12)18(17)15-9-4-2-3-7-13(15)11-16/h5-6,8,10,13,15H,2-4,7,9H2,1H3. The molecule has 3 heteroatoms. The SMILES string of the molecule is Cc1cccc(S(=O)C2CCCCCC2C#N)c1. The van der Waals surface area contributed by atoms with Gasteiger partial charge in [-0.3, -0.25) is 4.21 Å². The van der Waals surface area contributed by atoms with Gasteiger partial charge in [0.25, 0.3) is 0 Å². The molecule has 3 atom stereocenters. The van der Waals surface area contributed by atoms with Crippen LogP contribution in [0.1, 0.15) is 37.7 Å². The molecule has 0 saturated heterocycles. The van der Waals surface area contributed by atoms with Crippen LogP contribution < -0.4 is 0 Å². The van der Waals surface area contributed by atoms with Gasteiger partial charge in [-0.15, -0.1) is 0 Å². The molecule has 0 N–H and O–H groups in total. The third-order valence-corrected chi connectivity index (χ3v) is 5.45. The number of hydrogen-bond donors (Lipinski definition) is 0. The fraction of sp³-hybridized carbons (Fsp3) is 0.533. The van der Waals surface area contributed by atoms with Crippen molar-refractivity contribution in [2.75, 3.05) is 0 Å². The molecule has 2 rings (SSSR count). The lowest BCUT2D eigenvalue weighted by atomic mass is 10.0. The topological polar surface area (TPSA) is 40.9 Å². The Morgan fingerprint density at radius 2 is 2.06 bits per heavy atom. The van der Waals surface area contributed by atoms with Crippen LogP contribution in [0, 0.1) is 24.2 Å². The third kappa shape index (κ3) is 3.00. The average molecular weight is 261 g/mol. The van der Waals surface area contributed by atoms with Crippen LogP contribution in [0.2, 0.25) is 0 Å². The van der Waals surface area contributed by atoms with Gasteiger partial charge in [-0.05, 0) is 37.5 Å². The number of nitrogens with zero attached hydrogens (tertiary/aromatic N) is 1. The molecule has 3 unspecified atom stereocenters. The van der Waals surface area contributed by atoms with E-state index in [0.717, 1.165) is 36.1 Å². The first-order valence-corrected chi connectivity index (χ1v) is 7.80. The largest absolute Gasteiger partial charge is 0.254 e. The number of aryl methyl sites for hydroxylation is 1. The molecule has 1 saturated carbocycles. The summed E-state index contributed by atoms with van der Waals surface area (Å²) in [6.07, 6.45) is 5.18. The summed E-state index contributed by atoms with van der Waals surface area (Å²) >= 11 is 0. The first-order valence-electron chi connectivity index (χ1n) is 6.59. The first kappa shape index (κ1) is 13.3. The maximum atomic E-state index is 12.6. The molecule has 1 aliphatic rings. The second-order valence-corrected chi connectivity index (χ2v) is 6.70. The molecule has 1 aromatic rings. The minimum Gasteiger partial charge on any atom is -0.254 e. The summed E-state index contributed by atoms with van der Waals surface area (Å²) in [5.41, 5.74) is 1.13. The minimum atomic E-state index is -1.04. The van der Waals surface area contributed by atoms with Crippen molar-refractivity contribution in [1.29, 1.82) is 5.26 Å². The van der Waals surface area contributed by atoms with Gasteiger partial charge in [0.1, 0.15) is 0 Å². The highest BCUT2D eigenvalue weighted by molar-refractivity contribution is 7.85. The van der Waals surface area contributed by atoms with Crippen LogP contribution in [0.4, 0.5) is 0 Å².